The molecule has 6 heteroatoms. The van der Waals surface area contributed by atoms with Crippen LogP contribution in [0.15, 0.2) is 29.7 Å². The molecule has 1 N–H and O–H groups in total. The molecule has 1 aromatic heterocycles. The van der Waals surface area contributed by atoms with Gasteiger partial charge in [-0.05, 0) is 61.4 Å². The van der Waals surface area contributed by atoms with Crippen molar-refractivity contribution in [1.29, 1.82) is 0 Å². The average molecular weight is 385 g/mol. The Morgan fingerprint density at radius 2 is 2.11 bits per heavy atom. The highest BCUT2D eigenvalue weighted by atomic mass is 32.2. The highest BCUT2D eigenvalue weighted by molar-refractivity contribution is 8.02. The number of fused-ring (bicyclic) bond motifs is 3. The van der Waals surface area contributed by atoms with Gasteiger partial charge < -0.3 is 19.1 Å². The smallest absolute Gasteiger partial charge is 0.352 e. The number of carboxylic acids is 1. The second-order valence-corrected chi connectivity index (χ2v) is 8.21. The summed E-state index contributed by atoms with van der Waals surface area (Å²) >= 11 is 1.75. The van der Waals surface area contributed by atoms with E-state index in [9.17, 15) is 9.90 Å². The predicted octanol–water partition coefficient (Wildman–Crippen LogP) is 4.90. The number of nitrogens with zero attached hydrogens (tertiary/aromatic N) is 1. The van der Waals surface area contributed by atoms with Crippen LogP contribution >= 0.6 is 11.8 Å². The SMILES string of the molecule is COc1cc2c(cc1OC(C)C)-c1c(C3CC=CS3)cc(C(=O)O)n1CC2. The summed E-state index contributed by atoms with van der Waals surface area (Å²) in [5.41, 5.74) is 4.67. The Morgan fingerprint density at radius 1 is 1.30 bits per heavy atom. The Morgan fingerprint density at radius 3 is 2.74 bits per heavy atom. The fourth-order valence-electron chi connectivity index (χ4n) is 3.88. The van der Waals surface area contributed by atoms with Crippen LogP contribution in [0.1, 0.15) is 47.1 Å². The van der Waals surface area contributed by atoms with Crippen molar-refractivity contribution >= 4 is 17.7 Å². The van der Waals surface area contributed by atoms with E-state index in [-0.39, 0.29) is 11.4 Å². The van der Waals surface area contributed by atoms with Gasteiger partial charge in [0.1, 0.15) is 5.69 Å². The normalized spacial score (nSPS) is 17.7. The molecule has 3 heterocycles. The van der Waals surface area contributed by atoms with E-state index in [4.69, 9.17) is 9.47 Å². The highest BCUT2D eigenvalue weighted by Gasteiger charge is 2.31. The van der Waals surface area contributed by atoms with Crippen LogP contribution in [0.3, 0.4) is 0 Å². The van der Waals surface area contributed by atoms with Crippen molar-refractivity contribution in [2.75, 3.05) is 7.11 Å². The zero-order chi connectivity index (χ0) is 19.1. The number of benzene rings is 1. The lowest BCUT2D eigenvalue weighted by molar-refractivity contribution is 0.0685. The lowest BCUT2D eigenvalue weighted by Crippen LogP contribution is -2.17. The van der Waals surface area contributed by atoms with Gasteiger partial charge in [-0.3, -0.25) is 0 Å². The second-order valence-electron chi connectivity index (χ2n) is 7.10. The van der Waals surface area contributed by atoms with Gasteiger partial charge in [0.05, 0.1) is 18.9 Å². The number of aryl methyl sites for hydroxylation is 1. The van der Waals surface area contributed by atoms with E-state index in [1.165, 1.54) is 5.56 Å². The van der Waals surface area contributed by atoms with Crippen molar-refractivity contribution in [1.82, 2.24) is 4.57 Å². The van der Waals surface area contributed by atoms with Gasteiger partial charge in [-0.2, -0.15) is 0 Å². The van der Waals surface area contributed by atoms with Gasteiger partial charge in [0.15, 0.2) is 11.5 Å². The van der Waals surface area contributed by atoms with Crippen molar-refractivity contribution in [3.8, 4) is 22.8 Å². The summed E-state index contributed by atoms with van der Waals surface area (Å²) < 4.78 is 13.5. The molecule has 27 heavy (non-hydrogen) atoms. The molecule has 0 saturated carbocycles. The third-order valence-electron chi connectivity index (χ3n) is 4.99. The first-order chi connectivity index (χ1) is 13.0. The molecular formula is C21H23NO4S. The van der Waals surface area contributed by atoms with Crippen LogP contribution in [0.4, 0.5) is 0 Å². The molecule has 0 spiro atoms. The Bertz CT molecular complexity index is 921. The minimum Gasteiger partial charge on any atom is -0.493 e. The summed E-state index contributed by atoms with van der Waals surface area (Å²) in [5, 5.41) is 12.1. The standard InChI is InChI=1S/C21H23NO4S/c1-12(2)26-18-11-14-13(9-17(18)25-3)6-7-22-16(21(23)24)10-15(20(14)22)19-5-4-8-27-19/h4,8-12,19H,5-7H2,1-3H3,(H,23,24). The van der Waals surface area contributed by atoms with Crippen LogP contribution in [0.25, 0.3) is 11.3 Å². The summed E-state index contributed by atoms with van der Waals surface area (Å²) in [5.74, 6) is 0.536. The van der Waals surface area contributed by atoms with Crippen molar-refractivity contribution < 1.29 is 19.4 Å². The van der Waals surface area contributed by atoms with Crippen LogP contribution in [0, 0.1) is 0 Å². The molecule has 4 rings (SSSR count). The number of carbonyl (C=O) groups is 1. The van der Waals surface area contributed by atoms with Gasteiger partial charge >= 0.3 is 5.97 Å². The van der Waals surface area contributed by atoms with Gasteiger partial charge in [0, 0.05) is 17.4 Å². The molecule has 0 amide bonds. The first-order valence-corrected chi connectivity index (χ1v) is 10.1. The number of thioether (sulfide) groups is 1. The quantitative estimate of drug-likeness (QED) is 0.793. The second kappa shape index (κ2) is 7.00. The number of allylic oxidation sites excluding steroid dienone is 1. The Labute approximate surface area is 163 Å². The maximum Gasteiger partial charge on any atom is 0.352 e. The number of hydrogen-bond acceptors (Lipinski definition) is 4. The van der Waals surface area contributed by atoms with E-state index < -0.39 is 5.97 Å². The van der Waals surface area contributed by atoms with Crippen molar-refractivity contribution in [2.45, 2.75) is 44.6 Å². The van der Waals surface area contributed by atoms with E-state index in [0.717, 1.165) is 35.4 Å². The average Bonchev–Trinajstić information content (AvgIpc) is 3.28. The number of rotatable bonds is 5. The van der Waals surface area contributed by atoms with Crippen molar-refractivity contribution in [3.05, 3.63) is 46.5 Å². The molecule has 0 fully saturated rings. The van der Waals surface area contributed by atoms with Crippen LogP contribution in [0.2, 0.25) is 0 Å². The molecule has 0 saturated heterocycles. The fraction of sp³-hybridized carbons (Fsp3) is 0.381. The van der Waals surface area contributed by atoms with Gasteiger partial charge in [-0.25, -0.2) is 4.79 Å². The molecule has 0 aliphatic carbocycles. The number of carboxylic acid groups (broad SMARTS) is 1. The highest BCUT2D eigenvalue weighted by Crippen LogP contribution is 2.48. The molecule has 1 aromatic carbocycles. The van der Waals surface area contributed by atoms with E-state index >= 15 is 0 Å². The number of ether oxygens (including phenoxy) is 2. The fourth-order valence-corrected chi connectivity index (χ4v) is 4.84. The van der Waals surface area contributed by atoms with Crippen molar-refractivity contribution in [2.24, 2.45) is 0 Å². The van der Waals surface area contributed by atoms with E-state index in [1.807, 2.05) is 36.6 Å². The third-order valence-corrected chi connectivity index (χ3v) is 6.12. The topological polar surface area (TPSA) is 60.7 Å². The van der Waals surface area contributed by atoms with Gasteiger partial charge in [0.2, 0.25) is 0 Å². The zero-order valence-corrected chi connectivity index (χ0v) is 16.5. The molecule has 1 unspecified atom stereocenters. The van der Waals surface area contributed by atoms with Gasteiger partial charge in [-0.15, -0.1) is 11.8 Å². The Balaban J connectivity index is 1.91. The molecule has 0 bridgehead atoms. The summed E-state index contributed by atoms with van der Waals surface area (Å²) in [6, 6.07) is 5.90. The largest absolute Gasteiger partial charge is 0.493 e. The summed E-state index contributed by atoms with van der Waals surface area (Å²) in [7, 11) is 1.65. The summed E-state index contributed by atoms with van der Waals surface area (Å²) in [6.45, 7) is 4.62. The van der Waals surface area contributed by atoms with Crippen LogP contribution in [-0.2, 0) is 13.0 Å². The summed E-state index contributed by atoms with van der Waals surface area (Å²) in [4.78, 5) is 11.8. The maximum absolute atomic E-state index is 11.8. The molecule has 1 atom stereocenters. The minimum absolute atomic E-state index is 0.0240. The van der Waals surface area contributed by atoms with Gasteiger partial charge in [0.25, 0.3) is 0 Å². The first-order valence-electron chi connectivity index (χ1n) is 9.14. The van der Waals surface area contributed by atoms with Crippen LogP contribution in [-0.4, -0.2) is 28.9 Å². The Kier molecular flexibility index (Phi) is 4.68. The summed E-state index contributed by atoms with van der Waals surface area (Å²) in [6.07, 6.45) is 3.85. The molecule has 142 valence electrons. The molecular weight excluding hydrogens is 362 g/mol. The zero-order valence-electron chi connectivity index (χ0n) is 15.7. The van der Waals surface area contributed by atoms with E-state index in [2.05, 4.69) is 11.5 Å². The monoisotopic (exact) mass is 385 g/mol. The Hall–Kier alpha value is -2.34. The van der Waals surface area contributed by atoms with E-state index in [1.54, 1.807) is 18.9 Å². The lowest BCUT2D eigenvalue weighted by atomic mass is 9.94. The van der Waals surface area contributed by atoms with E-state index in [0.29, 0.717) is 18.0 Å². The van der Waals surface area contributed by atoms with Crippen molar-refractivity contribution in [3.63, 3.8) is 0 Å². The molecule has 2 aliphatic heterocycles. The molecule has 2 aliphatic rings. The number of aromatic nitrogens is 1. The molecule has 5 nitrogen and oxygen atoms in total. The maximum atomic E-state index is 11.8. The molecule has 0 radical (unpaired) electrons. The number of hydrogen-bond donors (Lipinski definition) is 1. The minimum atomic E-state index is -0.880. The third kappa shape index (κ3) is 3.12. The lowest BCUT2D eigenvalue weighted by Gasteiger charge is -2.25. The van der Waals surface area contributed by atoms with Crippen LogP contribution in [0.5, 0.6) is 11.5 Å². The number of aromatic carboxylic acids is 1. The first kappa shape index (κ1) is 18.0. The molecule has 2 aromatic rings. The van der Waals surface area contributed by atoms with Gasteiger partial charge in [-0.1, -0.05) is 6.08 Å². The van der Waals surface area contributed by atoms with Crippen LogP contribution < -0.4 is 9.47 Å². The number of methoxy groups -OCH3 is 1. The predicted molar refractivity (Wildman–Crippen MR) is 107 cm³/mol.